The highest BCUT2D eigenvalue weighted by molar-refractivity contribution is 5.83. The van der Waals surface area contributed by atoms with E-state index in [0.29, 0.717) is 18.5 Å². The summed E-state index contributed by atoms with van der Waals surface area (Å²) in [4.78, 5) is 35.7. The SMILES string of the molecule is O=C(CCCn1c(=O)oc2ccccc21)NNC(=O)C1CCCCC1. The van der Waals surface area contributed by atoms with Gasteiger partial charge in [0.25, 0.3) is 0 Å². The van der Waals surface area contributed by atoms with Gasteiger partial charge in [0, 0.05) is 18.9 Å². The van der Waals surface area contributed by atoms with Crippen LogP contribution < -0.4 is 16.6 Å². The number of amides is 2. The van der Waals surface area contributed by atoms with Crippen LogP contribution >= 0.6 is 0 Å². The van der Waals surface area contributed by atoms with Crippen LogP contribution in [0, 0.1) is 5.92 Å². The van der Waals surface area contributed by atoms with Crippen molar-refractivity contribution in [3.8, 4) is 0 Å². The molecule has 2 amide bonds. The van der Waals surface area contributed by atoms with E-state index < -0.39 is 5.76 Å². The molecule has 0 unspecified atom stereocenters. The van der Waals surface area contributed by atoms with Gasteiger partial charge in [0.05, 0.1) is 5.52 Å². The maximum absolute atomic E-state index is 12.0. The predicted octanol–water partition coefficient (Wildman–Crippen LogP) is 2.10. The molecule has 1 saturated carbocycles. The van der Waals surface area contributed by atoms with E-state index in [1.54, 1.807) is 12.1 Å². The van der Waals surface area contributed by atoms with Gasteiger partial charge >= 0.3 is 5.76 Å². The van der Waals surface area contributed by atoms with E-state index in [9.17, 15) is 14.4 Å². The minimum absolute atomic E-state index is 0.00456. The molecule has 0 radical (unpaired) electrons. The van der Waals surface area contributed by atoms with Gasteiger partial charge in [0.1, 0.15) is 0 Å². The number of benzene rings is 1. The van der Waals surface area contributed by atoms with Crippen LogP contribution in [-0.2, 0) is 16.1 Å². The highest BCUT2D eigenvalue weighted by atomic mass is 16.4. The Balaban J connectivity index is 1.44. The minimum Gasteiger partial charge on any atom is -0.408 e. The molecule has 0 spiro atoms. The maximum atomic E-state index is 12.0. The van der Waals surface area contributed by atoms with E-state index >= 15 is 0 Å². The van der Waals surface area contributed by atoms with Crippen LogP contribution in [0.2, 0.25) is 0 Å². The topological polar surface area (TPSA) is 93.3 Å². The Labute approximate surface area is 145 Å². The number of nitrogens with one attached hydrogen (secondary N) is 2. The third kappa shape index (κ3) is 4.29. The van der Waals surface area contributed by atoms with Gasteiger partial charge in [0.2, 0.25) is 11.8 Å². The molecule has 1 aromatic heterocycles. The van der Waals surface area contributed by atoms with Gasteiger partial charge in [-0.05, 0) is 31.4 Å². The molecule has 0 atom stereocenters. The molecular formula is C18H23N3O4. The molecule has 1 fully saturated rings. The summed E-state index contributed by atoms with van der Waals surface area (Å²) in [5.74, 6) is -0.785. The van der Waals surface area contributed by atoms with E-state index in [1.165, 1.54) is 11.0 Å². The van der Waals surface area contributed by atoms with Crippen molar-refractivity contribution >= 4 is 22.9 Å². The quantitative estimate of drug-likeness (QED) is 0.812. The summed E-state index contributed by atoms with van der Waals surface area (Å²) >= 11 is 0. The lowest BCUT2D eigenvalue weighted by molar-refractivity contribution is -0.131. The highest BCUT2D eigenvalue weighted by Gasteiger charge is 2.21. The number of rotatable bonds is 5. The van der Waals surface area contributed by atoms with E-state index in [-0.39, 0.29) is 24.2 Å². The van der Waals surface area contributed by atoms with Crippen molar-refractivity contribution in [1.29, 1.82) is 0 Å². The van der Waals surface area contributed by atoms with E-state index in [2.05, 4.69) is 10.9 Å². The lowest BCUT2D eigenvalue weighted by Crippen LogP contribution is -2.44. The Morgan fingerprint density at radius 2 is 1.88 bits per heavy atom. The fourth-order valence-electron chi connectivity index (χ4n) is 3.28. The van der Waals surface area contributed by atoms with E-state index in [4.69, 9.17) is 4.42 Å². The van der Waals surface area contributed by atoms with Crippen LogP contribution in [0.25, 0.3) is 11.1 Å². The highest BCUT2D eigenvalue weighted by Crippen LogP contribution is 2.23. The fourth-order valence-corrected chi connectivity index (χ4v) is 3.28. The molecule has 2 aromatic rings. The first kappa shape index (κ1) is 17.3. The fraction of sp³-hybridized carbons (Fsp3) is 0.500. The number of para-hydroxylation sites is 2. The number of aromatic nitrogens is 1. The first-order valence-corrected chi connectivity index (χ1v) is 8.82. The average Bonchev–Trinajstić information content (AvgIpc) is 2.96. The van der Waals surface area contributed by atoms with Crippen LogP contribution in [0.1, 0.15) is 44.9 Å². The Morgan fingerprint density at radius 3 is 2.68 bits per heavy atom. The molecular weight excluding hydrogens is 322 g/mol. The molecule has 25 heavy (non-hydrogen) atoms. The van der Waals surface area contributed by atoms with Crippen molar-refractivity contribution in [3.05, 3.63) is 34.8 Å². The number of hydrazine groups is 1. The number of carbonyl (C=O) groups excluding carboxylic acids is 2. The largest absolute Gasteiger partial charge is 0.419 e. The Morgan fingerprint density at radius 1 is 1.12 bits per heavy atom. The molecule has 134 valence electrons. The molecule has 1 aliphatic rings. The first-order chi connectivity index (χ1) is 12.1. The second-order valence-corrected chi connectivity index (χ2v) is 6.46. The average molecular weight is 345 g/mol. The summed E-state index contributed by atoms with van der Waals surface area (Å²) in [6.45, 7) is 0.389. The summed E-state index contributed by atoms with van der Waals surface area (Å²) < 4.78 is 6.67. The smallest absolute Gasteiger partial charge is 0.408 e. The second kappa shape index (κ2) is 8.00. The number of hydrogen-bond acceptors (Lipinski definition) is 4. The van der Waals surface area contributed by atoms with Crippen molar-refractivity contribution in [2.24, 2.45) is 5.92 Å². The van der Waals surface area contributed by atoms with Gasteiger partial charge < -0.3 is 4.42 Å². The van der Waals surface area contributed by atoms with Crippen LogP contribution in [0.15, 0.2) is 33.5 Å². The summed E-state index contributed by atoms with van der Waals surface area (Å²) in [6, 6.07) is 7.19. The Hall–Kier alpha value is -2.57. The third-order valence-corrected chi connectivity index (χ3v) is 4.66. The van der Waals surface area contributed by atoms with E-state index in [1.807, 2.05) is 12.1 Å². The second-order valence-electron chi connectivity index (χ2n) is 6.46. The van der Waals surface area contributed by atoms with Gasteiger partial charge in [-0.3, -0.25) is 25.0 Å². The molecule has 7 nitrogen and oxygen atoms in total. The van der Waals surface area contributed by atoms with Crippen LogP contribution in [0.4, 0.5) is 0 Å². The maximum Gasteiger partial charge on any atom is 0.419 e. The number of carbonyl (C=O) groups is 2. The molecule has 7 heteroatoms. The van der Waals surface area contributed by atoms with E-state index in [0.717, 1.165) is 31.2 Å². The van der Waals surface area contributed by atoms with Crippen molar-refractivity contribution < 1.29 is 14.0 Å². The number of nitrogens with zero attached hydrogens (tertiary/aromatic N) is 1. The van der Waals surface area contributed by atoms with Crippen LogP contribution in [-0.4, -0.2) is 16.4 Å². The third-order valence-electron chi connectivity index (χ3n) is 4.66. The predicted molar refractivity (Wildman–Crippen MR) is 92.6 cm³/mol. The molecule has 1 aromatic carbocycles. The molecule has 0 bridgehead atoms. The standard InChI is InChI=1S/C18H23N3O4/c22-16(19-20-17(23)13-7-2-1-3-8-13)11-6-12-21-14-9-4-5-10-15(14)25-18(21)24/h4-5,9-10,13H,1-3,6-8,11-12H2,(H,19,22)(H,20,23). The zero-order valence-electron chi connectivity index (χ0n) is 14.1. The normalized spacial score (nSPS) is 15.2. The number of fused-ring (bicyclic) bond motifs is 1. The van der Waals surface area contributed by atoms with Gasteiger partial charge in [0.15, 0.2) is 5.58 Å². The molecule has 3 rings (SSSR count). The Kier molecular flexibility index (Phi) is 5.53. The Bertz CT molecular complexity index is 802. The molecule has 0 aliphatic heterocycles. The van der Waals surface area contributed by atoms with Crippen LogP contribution in [0.3, 0.4) is 0 Å². The molecule has 0 saturated heterocycles. The summed E-state index contributed by atoms with van der Waals surface area (Å²) in [6.07, 6.45) is 5.79. The lowest BCUT2D eigenvalue weighted by atomic mass is 9.89. The van der Waals surface area contributed by atoms with Crippen molar-refractivity contribution in [3.63, 3.8) is 0 Å². The number of hydrogen-bond donors (Lipinski definition) is 2. The summed E-state index contributed by atoms with van der Waals surface area (Å²) in [7, 11) is 0. The number of aryl methyl sites for hydroxylation is 1. The van der Waals surface area contributed by atoms with Gasteiger partial charge in [-0.15, -0.1) is 0 Å². The lowest BCUT2D eigenvalue weighted by Gasteiger charge is -2.20. The van der Waals surface area contributed by atoms with Gasteiger partial charge in [-0.2, -0.15) is 0 Å². The zero-order chi connectivity index (χ0) is 17.6. The number of oxazole rings is 1. The van der Waals surface area contributed by atoms with Gasteiger partial charge in [-0.1, -0.05) is 31.4 Å². The van der Waals surface area contributed by atoms with Crippen LogP contribution in [0.5, 0.6) is 0 Å². The molecule has 2 N–H and O–H groups in total. The molecule has 1 heterocycles. The first-order valence-electron chi connectivity index (χ1n) is 8.82. The minimum atomic E-state index is -0.424. The molecule has 1 aliphatic carbocycles. The van der Waals surface area contributed by atoms with Crippen molar-refractivity contribution in [1.82, 2.24) is 15.4 Å². The summed E-state index contributed by atoms with van der Waals surface area (Å²) in [5, 5.41) is 0. The zero-order valence-corrected chi connectivity index (χ0v) is 14.1. The van der Waals surface area contributed by atoms with Crippen molar-refractivity contribution in [2.45, 2.75) is 51.5 Å². The summed E-state index contributed by atoms with van der Waals surface area (Å²) in [5.41, 5.74) is 6.23. The van der Waals surface area contributed by atoms with Crippen molar-refractivity contribution in [2.75, 3.05) is 0 Å². The van der Waals surface area contributed by atoms with Gasteiger partial charge in [-0.25, -0.2) is 4.79 Å². The monoisotopic (exact) mass is 345 g/mol.